The fourth-order valence-corrected chi connectivity index (χ4v) is 1.70. The van der Waals surface area contributed by atoms with Gasteiger partial charge in [0.2, 0.25) is 5.91 Å². The second-order valence-corrected chi connectivity index (χ2v) is 4.99. The Bertz CT molecular complexity index is 349. The largest absolute Gasteiger partial charge is 0.369 e. The fourth-order valence-electron chi connectivity index (χ4n) is 1.43. The third-order valence-electron chi connectivity index (χ3n) is 2.35. The lowest BCUT2D eigenvalue weighted by Crippen LogP contribution is -2.34. The van der Waals surface area contributed by atoms with Gasteiger partial charge in [0, 0.05) is 17.1 Å². The van der Waals surface area contributed by atoms with Crippen molar-refractivity contribution >= 4 is 21.8 Å². The maximum absolute atomic E-state index is 11.4. The molecule has 88 valence electrons. The molecule has 0 bridgehead atoms. The normalized spacial score (nSPS) is 12.8. The van der Waals surface area contributed by atoms with E-state index in [1.54, 1.807) is 0 Å². The van der Waals surface area contributed by atoms with Gasteiger partial charge in [-0.1, -0.05) is 41.9 Å². The average molecular weight is 285 g/mol. The number of hydrogen-bond acceptors (Lipinski definition) is 2. The first-order valence-electron chi connectivity index (χ1n) is 5.29. The number of hydrogen-bond donors (Lipinski definition) is 2. The minimum absolute atomic E-state index is 0.268. The van der Waals surface area contributed by atoms with Gasteiger partial charge in [0.05, 0.1) is 5.92 Å². The van der Waals surface area contributed by atoms with Crippen molar-refractivity contribution in [2.24, 2.45) is 5.73 Å². The first-order valence-corrected chi connectivity index (χ1v) is 6.08. The van der Waals surface area contributed by atoms with Crippen molar-refractivity contribution in [1.82, 2.24) is 5.32 Å². The highest BCUT2D eigenvalue weighted by Crippen LogP contribution is 2.18. The molecule has 3 N–H and O–H groups in total. The Morgan fingerprint density at radius 1 is 1.38 bits per heavy atom. The molecule has 0 spiro atoms. The number of benzene rings is 1. The van der Waals surface area contributed by atoms with Crippen molar-refractivity contribution in [2.45, 2.75) is 25.8 Å². The number of primary amides is 1. The SMILES string of the molecule is CC(C)NC[C@@H](C(N)=O)c1ccc(Br)cc1. The van der Waals surface area contributed by atoms with Gasteiger partial charge < -0.3 is 11.1 Å². The van der Waals surface area contributed by atoms with Crippen LogP contribution in [0.2, 0.25) is 0 Å². The molecule has 0 aliphatic heterocycles. The Morgan fingerprint density at radius 2 is 1.94 bits per heavy atom. The molecule has 0 saturated carbocycles. The molecular formula is C12H17BrN2O. The van der Waals surface area contributed by atoms with E-state index < -0.39 is 0 Å². The number of carbonyl (C=O) groups excluding carboxylic acids is 1. The zero-order chi connectivity index (χ0) is 12.1. The summed E-state index contributed by atoms with van der Waals surface area (Å²) in [5.41, 5.74) is 6.35. The van der Waals surface area contributed by atoms with E-state index in [-0.39, 0.29) is 11.8 Å². The Balaban J connectivity index is 2.77. The van der Waals surface area contributed by atoms with E-state index in [1.807, 2.05) is 38.1 Å². The minimum Gasteiger partial charge on any atom is -0.369 e. The molecular weight excluding hydrogens is 268 g/mol. The van der Waals surface area contributed by atoms with Gasteiger partial charge in [0.1, 0.15) is 0 Å². The predicted octanol–water partition coefficient (Wildman–Crippen LogP) is 2.02. The number of halogens is 1. The minimum atomic E-state index is -0.296. The summed E-state index contributed by atoms with van der Waals surface area (Å²) in [5.74, 6) is -0.564. The molecule has 1 aromatic carbocycles. The lowest BCUT2D eigenvalue weighted by Gasteiger charge is -2.16. The topological polar surface area (TPSA) is 55.1 Å². The molecule has 0 radical (unpaired) electrons. The van der Waals surface area contributed by atoms with E-state index in [0.29, 0.717) is 12.6 Å². The zero-order valence-electron chi connectivity index (χ0n) is 9.53. The fraction of sp³-hybridized carbons (Fsp3) is 0.417. The Hall–Kier alpha value is -0.870. The Kier molecular flexibility index (Phi) is 4.96. The number of amides is 1. The van der Waals surface area contributed by atoms with Crippen molar-refractivity contribution in [2.75, 3.05) is 6.54 Å². The molecule has 0 saturated heterocycles. The molecule has 0 fully saturated rings. The van der Waals surface area contributed by atoms with E-state index in [9.17, 15) is 4.79 Å². The van der Waals surface area contributed by atoms with Crippen molar-refractivity contribution in [1.29, 1.82) is 0 Å². The highest BCUT2D eigenvalue weighted by Gasteiger charge is 2.17. The van der Waals surface area contributed by atoms with Crippen molar-refractivity contribution in [3.05, 3.63) is 34.3 Å². The van der Waals surface area contributed by atoms with Crippen LogP contribution in [0.15, 0.2) is 28.7 Å². The molecule has 0 unspecified atom stereocenters. The van der Waals surface area contributed by atoms with Crippen molar-refractivity contribution in [3.8, 4) is 0 Å². The average Bonchev–Trinajstić information content (AvgIpc) is 2.20. The molecule has 1 amide bonds. The van der Waals surface area contributed by atoms with Gasteiger partial charge in [0.15, 0.2) is 0 Å². The van der Waals surface area contributed by atoms with Gasteiger partial charge in [-0.2, -0.15) is 0 Å². The van der Waals surface area contributed by atoms with Gasteiger partial charge in [-0.15, -0.1) is 0 Å². The monoisotopic (exact) mass is 284 g/mol. The molecule has 0 heterocycles. The van der Waals surface area contributed by atoms with Crippen LogP contribution in [0.5, 0.6) is 0 Å². The van der Waals surface area contributed by atoms with Crippen LogP contribution < -0.4 is 11.1 Å². The maximum atomic E-state index is 11.4. The third-order valence-corrected chi connectivity index (χ3v) is 2.87. The molecule has 3 nitrogen and oxygen atoms in total. The predicted molar refractivity (Wildman–Crippen MR) is 69.2 cm³/mol. The molecule has 4 heteroatoms. The van der Waals surface area contributed by atoms with E-state index in [0.717, 1.165) is 10.0 Å². The van der Waals surface area contributed by atoms with Crippen LogP contribution in [0, 0.1) is 0 Å². The van der Waals surface area contributed by atoms with Crippen LogP contribution in [0.4, 0.5) is 0 Å². The number of nitrogens with one attached hydrogen (secondary N) is 1. The summed E-state index contributed by atoms with van der Waals surface area (Å²) >= 11 is 3.36. The summed E-state index contributed by atoms with van der Waals surface area (Å²) in [7, 11) is 0. The summed E-state index contributed by atoms with van der Waals surface area (Å²) in [6, 6.07) is 8.02. The molecule has 16 heavy (non-hydrogen) atoms. The van der Waals surface area contributed by atoms with Crippen molar-refractivity contribution < 1.29 is 4.79 Å². The zero-order valence-corrected chi connectivity index (χ0v) is 11.1. The third kappa shape index (κ3) is 3.94. The van der Waals surface area contributed by atoms with Crippen LogP contribution in [-0.2, 0) is 4.79 Å². The first-order chi connectivity index (χ1) is 7.50. The number of carbonyl (C=O) groups is 1. The van der Waals surface area contributed by atoms with Gasteiger partial charge in [-0.05, 0) is 17.7 Å². The Morgan fingerprint density at radius 3 is 2.38 bits per heavy atom. The van der Waals surface area contributed by atoms with Gasteiger partial charge >= 0.3 is 0 Å². The van der Waals surface area contributed by atoms with Crippen LogP contribution in [-0.4, -0.2) is 18.5 Å². The van der Waals surface area contributed by atoms with Crippen LogP contribution >= 0.6 is 15.9 Å². The van der Waals surface area contributed by atoms with Gasteiger partial charge in [0.25, 0.3) is 0 Å². The highest BCUT2D eigenvalue weighted by atomic mass is 79.9. The standard InChI is InChI=1S/C12H17BrN2O/c1-8(2)15-7-11(12(14)16)9-3-5-10(13)6-4-9/h3-6,8,11,15H,7H2,1-2H3,(H2,14,16)/t11-/m1/s1. The van der Waals surface area contributed by atoms with Crippen molar-refractivity contribution in [3.63, 3.8) is 0 Å². The van der Waals surface area contributed by atoms with Gasteiger partial charge in [-0.3, -0.25) is 4.79 Å². The quantitative estimate of drug-likeness (QED) is 0.869. The van der Waals surface area contributed by atoms with Crippen LogP contribution in [0.1, 0.15) is 25.3 Å². The summed E-state index contributed by atoms with van der Waals surface area (Å²) < 4.78 is 0.997. The van der Waals surface area contributed by atoms with E-state index in [2.05, 4.69) is 21.2 Å². The lowest BCUT2D eigenvalue weighted by atomic mass is 9.98. The van der Waals surface area contributed by atoms with E-state index in [1.165, 1.54) is 0 Å². The second kappa shape index (κ2) is 6.01. The molecule has 1 atom stereocenters. The highest BCUT2D eigenvalue weighted by molar-refractivity contribution is 9.10. The summed E-state index contributed by atoms with van der Waals surface area (Å²) in [6.07, 6.45) is 0. The van der Waals surface area contributed by atoms with Gasteiger partial charge in [-0.25, -0.2) is 0 Å². The summed E-state index contributed by atoms with van der Waals surface area (Å²) in [5, 5.41) is 3.23. The van der Waals surface area contributed by atoms with Crippen LogP contribution in [0.25, 0.3) is 0 Å². The van der Waals surface area contributed by atoms with E-state index >= 15 is 0 Å². The number of nitrogens with two attached hydrogens (primary N) is 1. The summed E-state index contributed by atoms with van der Waals surface area (Å²) in [4.78, 5) is 11.4. The summed E-state index contributed by atoms with van der Waals surface area (Å²) in [6.45, 7) is 4.66. The molecule has 0 aliphatic rings. The first kappa shape index (κ1) is 13.2. The molecule has 0 aromatic heterocycles. The molecule has 0 aliphatic carbocycles. The smallest absolute Gasteiger partial charge is 0.226 e. The second-order valence-electron chi connectivity index (χ2n) is 4.07. The molecule has 1 rings (SSSR count). The maximum Gasteiger partial charge on any atom is 0.226 e. The van der Waals surface area contributed by atoms with E-state index in [4.69, 9.17) is 5.73 Å². The lowest BCUT2D eigenvalue weighted by molar-refractivity contribution is -0.119. The number of rotatable bonds is 5. The van der Waals surface area contributed by atoms with Crippen LogP contribution in [0.3, 0.4) is 0 Å². The Labute approximate surface area is 105 Å². The molecule has 1 aromatic rings.